The van der Waals surface area contributed by atoms with Crippen LogP contribution in [0.4, 0.5) is 0 Å². The van der Waals surface area contributed by atoms with Gasteiger partial charge in [0.25, 0.3) is 5.56 Å². The fourth-order valence-electron chi connectivity index (χ4n) is 2.66. The van der Waals surface area contributed by atoms with E-state index in [0.717, 1.165) is 19.3 Å². The lowest BCUT2D eigenvalue weighted by Crippen LogP contribution is -2.17. The number of hydrogen-bond acceptors (Lipinski definition) is 6. The fraction of sp³-hybridized carbons (Fsp3) is 0.353. The average Bonchev–Trinajstić information content (AvgIpc) is 2.55. The second kappa shape index (κ2) is 7.20. The molecule has 0 atom stereocenters. The number of aromatic hydroxyl groups is 1. The van der Waals surface area contributed by atoms with Crippen LogP contribution in [-0.2, 0) is 11.3 Å². The normalized spacial score (nSPS) is 11.4. The van der Waals surface area contributed by atoms with Crippen molar-refractivity contribution in [2.75, 3.05) is 6.61 Å². The third kappa shape index (κ3) is 3.49. The summed E-state index contributed by atoms with van der Waals surface area (Å²) < 4.78 is 11.1. The van der Waals surface area contributed by atoms with Crippen LogP contribution in [-0.4, -0.2) is 21.7 Å². The minimum absolute atomic E-state index is 0.00322. The van der Waals surface area contributed by atoms with Gasteiger partial charge in [0.15, 0.2) is 16.1 Å². The Morgan fingerprint density at radius 3 is 2.80 bits per heavy atom. The highest BCUT2D eigenvalue weighted by atomic mass is 32.1. The van der Waals surface area contributed by atoms with Crippen molar-refractivity contribution in [3.05, 3.63) is 43.0 Å². The zero-order chi connectivity index (χ0) is 18.0. The minimum atomic E-state index is -0.630. The van der Waals surface area contributed by atoms with Crippen molar-refractivity contribution in [2.24, 2.45) is 0 Å². The summed E-state index contributed by atoms with van der Waals surface area (Å²) in [6, 6.07) is 3.06. The smallest absolute Gasteiger partial charge is 0.266 e. The molecule has 0 amide bonds. The van der Waals surface area contributed by atoms with Gasteiger partial charge in [0.05, 0.1) is 12.0 Å². The Morgan fingerprint density at radius 1 is 1.24 bits per heavy atom. The fourth-order valence-corrected chi connectivity index (χ4v) is 2.85. The molecule has 0 saturated carbocycles. The summed E-state index contributed by atoms with van der Waals surface area (Å²) in [4.78, 5) is 29.6. The molecule has 3 N–H and O–H groups in total. The molecule has 0 aliphatic carbocycles. The van der Waals surface area contributed by atoms with Gasteiger partial charge in [0, 0.05) is 6.61 Å². The molecule has 0 bridgehead atoms. The van der Waals surface area contributed by atoms with E-state index in [1.807, 2.05) is 0 Å². The summed E-state index contributed by atoms with van der Waals surface area (Å²) >= 11 is 4.87. The Hall–Kier alpha value is -2.45. The Morgan fingerprint density at radius 2 is 2.04 bits per heavy atom. The van der Waals surface area contributed by atoms with Crippen LogP contribution in [0.2, 0.25) is 0 Å². The topological polar surface area (TPSA) is 108 Å². The molecule has 25 heavy (non-hydrogen) atoms. The molecule has 2 aromatic heterocycles. The van der Waals surface area contributed by atoms with Gasteiger partial charge in [-0.1, -0.05) is 19.8 Å². The number of H-pyrrole nitrogens is 2. The number of rotatable bonds is 6. The van der Waals surface area contributed by atoms with Crippen molar-refractivity contribution in [3.63, 3.8) is 0 Å². The number of ether oxygens (including phenoxy) is 1. The number of aromatic amines is 2. The predicted octanol–water partition coefficient (Wildman–Crippen LogP) is 3.10. The molecule has 3 aromatic rings. The van der Waals surface area contributed by atoms with Crippen LogP contribution in [0.1, 0.15) is 31.7 Å². The van der Waals surface area contributed by atoms with Gasteiger partial charge in [-0.2, -0.15) is 0 Å². The van der Waals surface area contributed by atoms with E-state index in [0.29, 0.717) is 12.2 Å². The van der Waals surface area contributed by atoms with E-state index in [2.05, 4.69) is 16.9 Å². The Labute approximate surface area is 147 Å². The van der Waals surface area contributed by atoms with Gasteiger partial charge in [-0.3, -0.25) is 14.6 Å². The molecule has 0 radical (unpaired) electrons. The van der Waals surface area contributed by atoms with Crippen molar-refractivity contribution in [3.8, 4) is 5.75 Å². The molecular formula is C17H18N2O5S. The number of aromatic nitrogens is 2. The van der Waals surface area contributed by atoms with Crippen LogP contribution >= 0.6 is 12.2 Å². The second-order valence-corrected chi connectivity index (χ2v) is 6.20. The summed E-state index contributed by atoms with van der Waals surface area (Å²) in [7, 11) is 0. The molecule has 7 nitrogen and oxygen atoms in total. The third-order valence-electron chi connectivity index (χ3n) is 3.87. The largest absolute Gasteiger partial charge is 0.504 e. The first kappa shape index (κ1) is 17.4. The predicted molar refractivity (Wildman–Crippen MR) is 96.6 cm³/mol. The second-order valence-electron chi connectivity index (χ2n) is 5.79. The monoisotopic (exact) mass is 362 g/mol. The SMILES string of the molecule is CCCCCOCc1cc(O)c2oc3[nH]c(=S)[nH]c(=O)c3c(=O)c2c1. The molecule has 0 saturated heterocycles. The maximum atomic E-state index is 12.7. The highest BCUT2D eigenvalue weighted by Gasteiger charge is 2.15. The summed E-state index contributed by atoms with van der Waals surface area (Å²) in [5.74, 6) is -0.191. The summed E-state index contributed by atoms with van der Waals surface area (Å²) in [6.45, 7) is 2.98. The van der Waals surface area contributed by atoms with Crippen molar-refractivity contribution < 1.29 is 14.3 Å². The van der Waals surface area contributed by atoms with Gasteiger partial charge in [-0.05, 0) is 36.3 Å². The highest BCUT2D eigenvalue weighted by molar-refractivity contribution is 7.71. The van der Waals surface area contributed by atoms with Gasteiger partial charge in [0.1, 0.15) is 5.39 Å². The molecule has 132 valence electrons. The Kier molecular flexibility index (Phi) is 5.00. The van der Waals surface area contributed by atoms with Gasteiger partial charge in [0.2, 0.25) is 11.1 Å². The lowest BCUT2D eigenvalue weighted by atomic mass is 10.1. The van der Waals surface area contributed by atoms with E-state index in [4.69, 9.17) is 21.4 Å². The number of phenols is 1. The lowest BCUT2D eigenvalue weighted by Gasteiger charge is -2.07. The molecule has 0 aliphatic rings. The van der Waals surface area contributed by atoms with Gasteiger partial charge < -0.3 is 19.2 Å². The van der Waals surface area contributed by atoms with Crippen LogP contribution in [0.3, 0.4) is 0 Å². The molecular weight excluding hydrogens is 344 g/mol. The van der Waals surface area contributed by atoms with E-state index in [1.54, 1.807) is 6.07 Å². The van der Waals surface area contributed by atoms with E-state index in [-0.39, 0.29) is 39.2 Å². The molecule has 0 spiro atoms. The summed E-state index contributed by atoms with van der Waals surface area (Å²) in [6.07, 6.45) is 3.14. The molecule has 0 fully saturated rings. The molecule has 8 heteroatoms. The van der Waals surface area contributed by atoms with Crippen LogP contribution in [0.5, 0.6) is 5.75 Å². The van der Waals surface area contributed by atoms with E-state index in [9.17, 15) is 14.7 Å². The summed E-state index contributed by atoms with van der Waals surface area (Å²) in [5.41, 5.74) is -0.593. The lowest BCUT2D eigenvalue weighted by molar-refractivity contribution is 0.117. The van der Waals surface area contributed by atoms with E-state index >= 15 is 0 Å². The molecule has 0 aliphatic heterocycles. The van der Waals surface area contributed by atoms with Gasteiger partial charge in [-0.25, -0.2) is 0 Å². The van der Waals surface area contributed by atoms with Crippen molar-refractivity contribution in [2.45, 2.75) is 32.8 Å². The van der Waals surface area contributed by atoms with Crippen molar-refractivity contribution >= 4 is 34.3 Å². The zero-order valence-corrected chi connectivity index (χ0v) is 14.5. The standard InChI is InChI=1S/C17H18N2O5S/c1-2-3-4-5-23-8-9-6-10-13(21)12-15(22)18-17(25)19-16(12)24-14(10)11(20)7-9/h6-7,20H,2-5,8H2,1H3,(H2,18,19,22,25). The number of nitrogens with one attached hydrogen (secondary N) is 2. The minimum Gasteiger partial charge on any atom is -0.504 e. The quantitative estimate of drug-likeness (QED) is 0.353. The Bertz CT molecular complexity index is 1100. The first-order chi connectivity index (χ1) is 12.0. The third-order valence-corrected chi connectivity index (χ3v) is 4.08. The number of unbranched alkanes of at least 4 members (excludes halogenated alkanes) is 2. The maximum absolute atomic E-state index is 12.7. The summed E-state index contributed by atoms with van der Waals surface area (Å²) in [5, 5.41) is 10.2. The first-order valence-electron chi connectivity index (χ1n) is 8.04. The van der Waals surface area contributed by atoms with Crippen molar-refractivity contribution in [1.82, 2.24) is 9.97 Å². The van der Waals surface area contributed by atoms with Crippen molar-refractivity contribution in [1.29, 1.82) is 0 Å². The molecule has 3 rings (SSSR count). The van der Waals surface area contributed by atoms with Gasteiger partial charge >= 0.3 is 0 Å². The number of fused-ring (bicyclic) bond motifs is 2. The highest BCUT2D eigenvalue weighted by Crippen LogP contribution is 2.26. The van der Waals surface area contributed by atoms with Crippen LogP contribution < -0.4 is 11.0 Å². The Balaban J connectivity index is 2.06. The number of phenolic OH excluding ortho intramolecular Hbond substituents is 1. The number of hydrogen-bond donors (Lipinski definition) is 3. The van der Waals surface area contributed by atoms with Gasteiger partial charge in [-0.15, -0.1) is 0 Å². The first-order valence-corrected chi connectivity index (χ1v) is 8.45. The van der Waals surface area contributed by atoms with E-state index in [1.165, 1.54) is 6.07 Å². The molecule has 2 heterocycles. The van der Waals surface area contributed by atoms with Crippen LogP contribution in [0.25, 0.3) is 22.1 Å². The van der Waals surface area contributed by atoms with Crippen LogP contribution in [0, 0.1) is 4.77 Å². The van der Waals surface area contributed by atoms with E-state index < -0.39 is 11.0 Å². The van der Waals surface area contributed by atoms with Crippen LogP contribution in [0.15, 0.2) is 26.1 Å². The zero-order valence-electron chi connectivity index (χ0n) is 13.7. The maximum Gasteiger partial charge on any atom is 0.266 e. The number of benzene rings is 1. The molecule has 1 aromatic carbocycles. The molecule has 0 unspecified atom stereocenters. The average molecular weight is 362 g/mol.